The van der Waals surface area contributed by atoms with Gasteiger partial charge in [0.1, 0.15) is 0 Å². The average Bonchev–Trinajstić information content (AvgIpc) is 2.69. The maximum Gasteiger partial charge on any atom is 0.243 e. The first-order valence-corrected chi connectivity index (χ1v) is 11.4. The molecular formula is C21H17Cl3N2O3S. The largest absolute Gasteiger partial charge is 0.324 e. The fraction of sp³-hybridized carbons (Fsp3) is 0.0952. The van der Waals surface area contributed by atoms with E-state index in [-0.39, 0.29) is 11.4 Å². The van der Waals surface area contributed by atoms with Crippen LogP contribution < -0.4 is 5.32 Å². The average molecular weight is 484 g/mol. The van der Waals surface area contributed by atoms with Crippen LogP contribution in [0.25, 0.3) is 0 Å². The Morgan fingerprint density at radius 3 is 2.23 bits per heavy atom. The number of hydrogen-bond donors (Lipinski definition) is 1. The van der Waals surface area contributed by atoms with Gasteiger partial charge in [-0.3, -0.25) is 4.79 Å². The lowest BCUT2D eigenvalue weighted by atomic mass is 10.2. The number of hydrogen-bond acceptors (Lipinski definition) is 3. The van der Waals surface area contributed by atoms with Gasteiger partial charge in [-0.1, -0.05) is 59.1 Å². The quantitative estimate of drug-likeness (QED) is 0.484. The number of benzene rings is 3. The van der Waals surface area contributed by atoms with Gasteiger partial charge in [-0.15, -0.1) is 0 Å². The minimum Gasteiger partial charge on any atom is -0.324 e. The number of halogens is 3. The number of carbonyl (C=O) groups excluding carboxylic acids is 1. The van der Waals surface area contributed by atoms with E-state index in [9.17, 15) is 13.2 Å². The van der Waals surface area contributed by atoms with E-state index in [2.05, 4.69) is 5.32 Å². The van der Waals surface area contributed by atoms with Crippen LogP contribution in [-0.2, 0) is 21.4 Å². The summed E-state index contributed by atoms with van der Waals surface area (Å²) >= 11 is 18.0. The van der Waals surface area contributed by atoms with Crippen molar-refractivity contribution < 1.29 is 13.2 Å². The van der Waals surface area contributed by atoms with E-state index in [0.29, 0.717) is 26.3 Å². The monoisotopic (exact) mass is 482 g/mol. The highest BCUT2D eigenvalue weighted by molar-refractivity contribution is 7.89. The predicted octanol–water partition coefficient (Wildman–Crippen LogP) is 5.48. The molecule has 30 heavy (non-hydrogen) atoms. The van der Waals surface area contributed by atoms with Gasteiger partial charge in [0.05, 0.1) is 22.2 Å². The SMILES string of the molecule is O=C(CN(Cc1cccc(Cl)c1)S(=O)(=O)c1ccc(Cl)cc1)Nc1ccccc1Cl. The predicted molar refractivity (Wildman–Crippen MR) is 121 cm³/mol. The molecule has 3 aromatic rings. The van der Waals surface area contributed by atoms with E-state index in [4.69, 9.17) is 34.8 Å². The van der Waals surface area contributed by atoms with Crippen molar-refractivity contribution in [3.8, 4) is 0 Å². The summed E-state index contributed by atoms with van der Waals surface area (Å²) in [6, 6.07) is 19.3. The van der Waals surface area contributed by atoms with Crippen LogP contribution in [0.3, 0.4) is 0 Å². The smallest absolute Gasteiger partial charge is 0.243 e. The molecule has 1 N–H and O–H groups in total. The Hall–Kier alpha value is -2.09. The van der Waals surface area contributed by atoms with E-state index in [0.717, 1.165) is 4.31 Å². The van der Waals surface area contributed by atoms with Crippen molar-refractivity contribution in [1.82, 2.24) is 4.31 Å². The van der Waals surface area contributed by atoms with Crippen LogP contribution in [0, 0.1) is 0 Å². The number of para-hydroxylation sites is 1. The zero-order chi connectivity index (χ0) is 21.7. The zero-order valence-electron chi connectivity index (χ0n) is 15.6. The standard InChI is InChI=1S/C21H17Cl3N2O3S/c22-16-8-10-18(11-9-16)30(28,29)26(13-15-4-3-5-17(23)12-15)14-21(27)25-20-7-2-1-6-19(20)24/h1-12H,13-14H2,(H,25,27). The number of anilines is 1. The summed E-state index contributed by atoms with van der Waals surface area (Å²) < 4.78 is 27.5. The Morgan fingerprint density at radius 2 is 1.57 bits per heavy atom. The third kappa shape index (κ3) is 5.74. The van der Waals surface area contributed by atoms with Gasteiger partial charge in [0.15, 0.2) is 0 Å². The number of carbonyl (C=O) groups is 1. The van der Waals surface area contributed by atoms with Gasteiger partial charge in [-0.2, -0.15) is 4.31 Å². The van der Waals surface area contributed by atoms with Crippen molar-refractivity contribution in [3.63, 3.8) is 0 Å². The molecule has 3 aromatic carbocycles. The molecule has 0 aliphatic rings. The molecule has 0 aliphatic heterocycles. The molecule has 0 atom stereocenters. The van der Waals surface area contributed by atoms with Gasteiger partial charge in [-0.25, -0.2) is 8.42 Å². The molecule has 0 aliphatic carbocycles. The zero-order valence-corrected chi connectivity index (χ0v) is 18.6. The molecule has 9 heteroatoms. The molecule has 0 unspecified atom stereocenters. The summed E-state index contributed by atoms with van der Waals surface area (Å²) in [5, 5.41) is 3.88. The number of nitrogens with zero attached hydrogens (tertiary/aromatic N) is 1. The molecule has 0 spiro atoms. The van der Waals surface area contributed by atoms with Crippen LogP contribution in [0.4, 0.5) is 5.69 Å². The highest BCUT2D eigenvalue weighted by Crippen LogP contribution is 2.23. The molecule has 0 saturated heterocycles. The van der Waals surface area contributed by atoms with Crippen molar-refractivity contribution in [2.24, 2.45) is 0 Å². The summed E-state index contributed by atoms with van der Waals surface area (Å²) in [6.45, 7) is -0.454. The van der Waals surface area contributed by atoms with E-state index in [1.807, 2.05) is 0 Å². The van der Waals surface area contributed by atoms with Gasteiger partial charge in [0, 0.05) is 16.6 Å². The van der Waals surface area contributed by atoms with Crippen molar-refractivity contribution >= 4 is 56.4 Å². The minimum atomic E-state index is -3.99. The maximum atomic E-state index is 13.2. The Kier molecular flexibility index (Phi) is 7.39. The lowest BCUT2D eigenvalue weighted by Crippen LogP contribution is -2.37. The number of sulfonamides is 1. The van der Waals surface area contributed by atoms with Gasteiger partial charge >= 0.3 is 0 Å². The van der Waals surface area contributed by atoms with Crippen LogP contribution in [-0.4, -0.2) is 25.2 Å². The van der Waals surface area contributed by atoms with Crippen molar-refractivity contribution in [3.05, 3.63) is 93.4 Å². The van der Waals surface area contributed by atoms with Crippen molar-refractivity contribution in [2.45, 2.75) is 11.4 Å². The molecule has 156 valence electrons. The molecule has 5 nitrogen and oxygen atoms in total. The number of nitrogens with one attached hydrogen (secondary N) is 1. The van der Waals surface area contributed by atoms with Gasteiger partial charge in [0.25, 0.3) is 0 Å². The van der Waals surface area contributed by atoms with Gasteiger partial charge in [-0.05, 0) is 54.1 Å². The molecule has 0 aromatic heterocycles. The first-order chi connectivity index (χ1) is 14.3. The molecule has 0 radical (unpaired) electrons. The normalized spacial score (nSPS) is 11.5. The second-order valence-electron chi connectivity index (χ2n) is 6.38. The van der Waals surface area contributed by atoms with Gasteiger partial charge < -0.3 is 5.32 Å². The fourth-order valence-corrected chi connectivity index (χ4v) is 4.64. The molecule has 0 bridgehead atoms. The van der Waals surface area contributed by atoms with Crippen molar-refractivity contribution in [1.29, 1.82) is 0 Å². The summed E-state index contributed by atoms with van der Waals surface area (Å²) in [4.78, 5) is 12.7. The summed E-state index contributed by atoms with van der Waals surface area (Å²) in [7, 11) is -3.99. The lowest BCUT2D eigenvalue weighted by Gasteiger charge is -2.22. The molecule has 1 amide bonds. The summed E-state index contributed by atoms with van der Waals surface area (Å²) in [5.41, 5.74) is 1.04. The molecule has 3 rings (SSSR count). The summed E-state index contributed by atoms with van der Waals surface area (Å²) in [6.07, 6.45) is 0. The highest BCUT2D eigenvalue weighted by atomic mass is 35.5. The Labute approximate surface area is 190 Å². The molecular weight excluding hydrogens is 467 g/mol. The maximum absolute atomic E-state index is 13.2. The summed E-state index contributed by atoms with van der Waals surface area (Å²) in [5.74, 6) is -0.525. The third-order valence-corrected chi connectivity index (χ3v) is 6.79. The number of amides is 1. The Bertz CT molecular complexity index is 1150. The lowest BCUT2D eigenvalue weighted by molar-refractivity contribution is -0.116. The van der Waals surface area contributed by atoms with Crippen LogP contribution in [0.5, 0.6) is 0 Å². The molecule has 0 fully saturated rings. The van der Waals surface area contributed by atoms with Crippen LogP contribution in [0.1, 0.15) is 5.56 Å². The van der Waals surface area contributed by atoms with Crippen LogP contribution >= 0.6 is 34.8 Å². The van der Waals surface area contributed by atoms with E-state index < -0.39 is 22.5 Å². The van der Waals surface area contributed by atoms with E-state index in [1.54, 1.807) is 48.5 Å². The van der Waals surface area contributed by atoms with Gasteiger partial charge in [0.2, 0.25) is 15.9 Å². The molecule has 0 saturated carbocycles. The molecule has 0 heterocycles. The third-order valence-electron chi connectivity index (χ3n) is 4.17. The van der Waals surface area contributed by atoms with Crippen molar-refractivity contribution in [2.75, 3.05) is 11.9 Å². The van der Waals surface area contributed by atoms with E-state index >= 15 is 0 Å². The second kappa shape index (κ2) is 9.81. The van der Waals surface area contributed by atoms with Crippen LogP contribution in [0.15, 0.2) is 77.7 Å². The Balaban J connectivity index is 1.89. The second-order valence-corrected chi connectivity index (χ2v) is 9.60. The minimum absolute atomic E-state index is 0.0273. The Morgan fingerprint density at radius 1 is 0.867 bits per heavy atom. The highest BCUT2D eigenvalue weighted by Gasteiger charge is 2.27. The topological polar surface area (TPSA) is 66.5 Å². The first kappa shape index (κ1) is 22.6. The first-order valence-electron chi connectivity index (χ1n) is 8.80. The number of rotatable bonds is 7. The van der Waals surface area contributed by atoms with E-state index in [1.165, 1.54) is 24.3 Å². The fourth-order valence-electron chi connectivity index (χ4n) is 2.73. The van der Waals surface area contributed by atoms with Crippen LogP contribution in [0.2, 0.25) is 15.1 Å².